The second kappa shape index (κ2) is 5.96. The molecule has 0 aliphatic carbocycles. The molecule has 0 aliphatic heterocycles. The molecule has 0 fully saturated rings. The van der Waals surface area contributed by atoms with Crippen LogP contribution in [0.25, 0.3) is 0 Å². The third-order valence-corrected chi connectivity index (χ3v) is 3.63. The van der Waals surface area contributed by atoms with Crippen molar-refractivity contribution >= 4 is 28.9 Å². The van der Waals surface area contributed by atoms with Gasteiger partial charge in [-0.15, -0.1) is 0 Å². The third-order valence-electron chi connectivity index (χ3n) is 3.08. The average Bonchev–Trinajstić information content (AvgIpc) is 2.66. The minimum Gasteiger partial charge on any atom is -0.397 e. The zero-order chi connectivity index (χ0) is 14.7. The van der Waals surface area contributed by atoms with Gasteiger partial charge in [0, 0.05) is 6.42 Å². The van der Waals surface area contributed by atoms with Gasteiger partial charge in [-0.3, -0.25) is 9.48 Å². The van der Waals surface area contributed by atoms with Crippen LogP contribution in [0, 0.1) is 13.8 Å². The first-order valence-corrected chi connectivity index (χ1v) is 6.70. The zero-order valence-electron chi connectivity index (χ0n) is 11.5. The van der Waals surface area contributed by atoms with E-state index >= 15 is 0 Å². The molecule has 3 N–H and O–H groups in total. The van der Waals surface area contributed by atoms with E-state index in [2.05, 4.69) is 10.4 Å². The number of carbonyl (C=O) groups is 1. The number of nitrogens with zero attached hydrogens (tertiary/aromatic N) is 2. The van der Waals surface area contributed by atoms with Crippen molar-refractivity contribution < 1.29 is 4.79 Å². The van der Waals surface area contributed by atoms with Gasteiger partial charge >= 0.3 is 0 Å². The van der Waals surface area contributed by atoms with Crippen molar-refractivity contribution in [3.05, 3.63) is 40.7 Å². The summed E-state index contributed by atoms with van der Waals surface area (Å²) in [6, 6.07) is 7.17. The third kappa shape index (κ3) is 3.11. The molecule has 0 spiro atoms. The van der Waals surface area contributed by atoms with E-state index in [1.807, 2.05) is 26.0 Å². The lowest BCUT2D eigenvalue weighted by Crippen LogP contribution is -2.16. The van der Waals surface area contributed by atoms with Gasteiger partial charge in [-0.1, -0.05) is 23.7 Å². The van der Waals surface area contributed by atoms with E-state index in [-0.39, 0.29) is 5.91 Å². The molecule has 106 valence electrons. The van der Waals surface area contributed by atoms with E-state index in [1.54, 1.807) is 16.8 Å². The fourth-order valence-electron chi connectivity index (χ4n) is 1.92. The Morgan fingerprint density at radius 2 is 2.10 bits per heavy atom. The van der Waals surface area contributed by atoms with E-state index in [1.165, 1.54) is 0 Å². The van der Waals surface area contributed by atoms with Crippen LogP contribution in [0.3, 0.4) is 0 Å². The summed E-state index contributed by atoms with van der Waals surface area (Å²) in [6.45, 7) is 4.21. The summed E-state index contributed by atoms with van der Waals surface area (Å²) < 4.78 is 1.74. The molecule has 5 nitrogen and oxygen atoms in total. The van der Waals surface area contributed by atoms with Crippen molar-refractivity contribution in [3.8, 4) is 0 Å². The van der Waals surface area contributed by atoms with Crippen molar-refractivity contribution in [1.82, 2.24) is 9.78 Å². The Kier molecular flexibility index (Phi) is 4.29. The van der Waals surface area contributed by atoms with Gasteiger partial charge in [-0.25, -0.2) is 0 Å². The molecule has 0 saturated heterocycles. The molecule has 0 saturated carbocycles. The van der Waals surface area contributed by atoms with Gasteiger partial charge in [0.2, 0.25) is 5.91 Å². The summed E-state index contributed by atoms with van der Waals surface area (Å²) in [4.78, 5) is 11.9. The monoisotopic (exact) mass is 292 g/mol. The lowest BCUT2D eigenvalue weighted by atomic mass is 10.2. The molecule has 2 aromatic rings. The topological polar surface area (TPSA) is 72.9 Å². The summed E-state index contributed by atoms with van der Waals surface area (Å²) in [7, 11) is 0. The number of anilines is 2. The predicted molar refractivity (Wildman–Crippen MR) is 80.8 cm³/mol. The Hall–Kier alpha value is -2.01. The van der Waals surface area contributed by atoms with Crippen LogP contribution in [-0.2, 0) is 11.3 Å². The summed E-state index contributed by atoms with van der Waals surface area (Å²) in [6.07, 6.45) is 0.312. The Labute approximate surface area is 122 Å². The van der Waals surface area contributed by atoms with Gasteiger partial charge in [0.05, 0.1) is 34.3 Å². The van der Waals surface area contributed by atoms with Crippen molar-refractivity contribution in [2.45, 2.75) is 26.8 Å². The molecule has 1 aromatic carbocycles. The van der Waals surface area contributed by atoms with Crippen molar-refractivity contribution in [1.29, 1.82) is 0 Å². The van der Waals surface area contributed by atoms with Crippen molar-refractivity contribution in [3.63, 3.8) is 0 Å². The lowest BCUT2D eigenvalue weighted by molar-refractivity contribution is -0.116. The van der Waals surface area contributed by atoms with E-state index in [0.29, 0.717) is 29.4 Å². The number of nitrogen functional groups attached to an aromatic ring is 1. The number of amides is 1. The summed E-state index contributed by atoms with van der Waals surface area (Å²) in [5.41, 5.74) is 8.60. The van der Waals surface area contributed by atoms with E-state index in [0.717, 1.165) is 11.4 Å². The number of rotatable bonds is 4. The minimum atomic E-state index is -0.105. The van der Waals surface area contributed by atoms with Crippen LogP contribution >= 0.6 is 11.6 Å². The number of hydrogen-bond donors (Lipinski definition) is 2. The molecular formula is C14H17ClN4O. The largest absolute Gasteiger partial charge is 0.397 e. The Bertz CT molecular complexity index is 636. The molecule has 0 aliphatic rings. The molecule has 1 heterocycles. The van der Waals surface area contributed by atoms with E-state index in [4.69, 9.17) is 17.3 Å². The van der Waals surface area contributed by atoms with Crippen molar-refractivity contribution in [2.24, 2.45) is 0 Å². The molecular weight excluding hydrogens is 276 g/mol. The fraction of sp³-hybridized carbons (Fsp3) is 0.286. The van der Waals surface area contributed by atoms with Gasteiger partial charge < -0.3 is 11.1 Å². The Balaban J connectivity index is 1.96. The average molecular weight is 293 g/mol. The highest BCUT2D eigenvalue weighted by Gasteiger charge is 2.11. The van der Waals surface area contributed by atoms with Crippen LogP contribution in [0.4, 0.5) is 11.4 Å². The smallest absolute Gasteiger partial charge is 0.226 e. The Morgan fingerprint density at radius 1 is 1.40 bits per heavy atom. The molecule has 20 heavy (non-hydrogen) atoms. The van der Waals surface area contributed by atoms with Gasteiger partial charge in [0.25, 0.3) is 0 Å². The van der Waals surface area contributed by atoms with Gasteiger partial charge in [-0.2, -0.15) is 5.10 Å². The van der Waals surface area contributed by atoms with Crippen LogP contribution in [0.1, 0.15) is 17.8 Å². The van der Waals surface area contributed by atoms with Gasteiger partial charge in [-0.05, 0) is 26.0 Å². The van der Waals surface area contributed by atoms with Crippen LogP contribution in [0.15, 0.2) is 24.3 Å². The molecule has 6 heteroatoms. The zero-order valence-corrected chi connectivity index (χ0v) is 12.2. The molecule has 0 radical (unpaired) electrons. The minimum absolute atomic E-state index is 0.105. The highest BCUT2D eigenvalue weighted by Crippen LogP contribution is 2.20. The number of halogens is 1. The molecule has 0 unspecified atom stereocenters. The fourth-order valence-corrected chi connectivity index (χ4v) is 2.06. The van der Waals surface area contributed by atoms with E-state index < -0.39 is 0 Å². The quantitative estimate of drug-likeness (QED) is 0.851. The van der Waals surface area contributed by atoms with E-state index in [9.17, 15) is 4.79 Å². The number of nitrogens with one attached hydrogen (secondary N) is 1. The number of nitrogens with two attached hydrogens (primary N) is 1. The van der Waals surface area contributed by atoms with Gasteiger partial charge in [0.15, 0.2) is 0 Å². The highest BCUT2D eigenvalue weighted by molar-refractivity contribution is 6.31. The Morgan fingerprint density at radius 3 is 2.70 bits per heavy atom. The van der Waals surface area contributed by atoms with Crippen LogP contribution < -0.4 is 11.1 Å². The van der Waals surface area contributed by atoms with Gasteiger partial charge in [0.1, 0.15) is 0 Å². The first kappa shape index (κ1) is 14.4. The summed E-state index contributed by atoms with van der Waals surface area (Å²) >= 11 is 6.06. The van der Waals surface area contributed by atoms with Crippen LogP contribution in [0.5, 0.6) is 0 Å². The molecule has 0 bridgehead atoms. The molecule has 1 aromatic heterocycles. The first-order valence-electron chi connectivity index (χ1n) is 6.33. The second-order valence-electron chi connectivity index (χ2n) is 4.59. The molecule has 1 amide bonds. The lowest BCUT2D eigenvalue weighted by Gasteiger charge is -2.08. The van der Waals surface area contributed by atoms with Crippen molar-refractivity contribution in [2.75, 3.05) is 11.1 Å². The number of hydrogen-bond acceptors (Lipinski definition) is 3. The summed E-state index contributed by atoms with van der Waals surface area (Å²) in [5, 5.41) is 7.72. The number of benzene rings is 1. The molecule has 0 atom stereocenters. The number of para-hydroxylation sites is 2. The maximum atomic E-state index is 11.9. The SMILES string of the molecule is Cc1nn(CCC(=O)Nc2ccccc2N)c(C)c1Cl. The number of aryl methyl sites for hydroxylation is 2. The normalized spacial score (nSPS) is 10.6. The maximum absolute atomic E-state index is 11.9. The number of aromatic nitrogens is 2. The number of carbonyl (C=O) groups excluding carboxylic acids is 1. The standard InChI is InChI=1S/C14H17ClN4O/c1-9-14(15)10(2)19(18-9)8-7-13(20)17-12-6-4-3-5-11(12)16/h3-6H,7-8,16H2,1-2H3,(H,17,20). The van der Waals surface area contributed by atoms with Crippen LogP contribution in [0.2, 0.25) is 5.02 Å². The van der Waals surface area contributed by atoms with Crippen LogP contribution in [-0.4, -0.2) is 15.7 Å². The maximum Gasteiger partial charge on any atom is 0.226 e. The highest BCUT2D eigenvalue weighted by atomic mass is 35.5. The first-order chi connectivity index (χ1) is 9.49. The second-order valence-corrected chi connectivity index (χ2v) is 4.97. The summed E-state index contributed by atoms with van der Waals surface area (Å²) in [5.74, 6) is -0.105. The molecule has 2 rings (SSSR count). The predicted octanol–water partition coefficient (Wildman–Crippen LogP) is 2.76.